The Hall–Kier alpha value is -0.290. The van der Waals surface area contributed by atoms with Crippen molar-refractivity contribution in [2.24, 2.45) is 0 Å². The van der Waals surface area contributed by atoms with E-state index < -0.39 is 21.4 Å². The molecule has 0 aliphatic heterocycles. The predicted molar refractivity (Wildman–Crippen MR) is 56.4 cm³/mol. The van der Waals surface area contributed by atoms with Crippen molar-refractivity contribution in [1.29, 1.82) is 5.26 Å². The third-order valence-electron chi connectivity index (χ3n) is 1.38. The summed E-state index contributed by atoms with van der Waals surface area (Å²) in [6.07, 6.45) is 1.82. The second kappa shape index (κ2) is 5.56. The highest BCUT2D eigenvalue weighted by Gasteiger charge is 2.22. The van der Waals surface area contributed by atoms with Crippen molar-refractivity contribution >= 4 is 21.8 Å². The van der Waals surface area contributed by atoms with Crippen LogP contribution in [0.3, 0.4) is 0 Å². The Bertz CT molecular complexity index is 305. The highest BCUT2D eigenvalue weighted by atomic mass is 32.2. The highest BCUT2D eigenvalue weighted by molar-refractivity contribution is 7.98. The fourth-order valence-electron chi connectivity index (χ4n) is 0.763. The Morgan fingerprint density at radius 1 is 1.64 bits per heavy atom. The summed E-state index contributed by atoms with van der Waals surface area (Å²) in [4.78, 5) is 0. The largest absolute Gasteiger partial charge is 0.388 e. The molecule has 5 nitrogen and oxygen atoms in total. The number of hydrogen-bond donors (Lipinski definition) is 2. The molecule has 0 aromatic rings. The zero-order valence-electron chi connectivity index (χ0n) is 8.15. The summed E-state index contributed by atoms with van der Waals surface area (Å²) in [6, 6.07) is 1.54. The zero-order valence-corrected chi connectivity index (χ0v) is 9.78. The van der Waals surface area contributed by atoms with Crippen LogP contribution >= 0.6 is 11.8 Å². The molecule has 7 heteroatoms. The Balaban J connectivity index is 4.12. The summed E-state index contributed by atoms with van der Waals surface area (Å²) in [7, 11) is -3.56. The minimum absolute atomic E-state index is 0.0716. The van der Waals surface area contributed by atoms with Gasteiger partial charge in [-0.1, -0.05) is 0 Å². The molecule has 2 N–H and O–H groups in total. The van der Waals surface area contributed by atoms with Crippen LogP contribution in [0.15, 0.2) is 0 Å². The summed E-state index contributed by atoms with van der Waals surface area (Å²) in [5, 5.41) is 17.8. The Labute approximate surface area is 88.5 Å². The first kappa shape index (κ1) is 13.7. The van der Waals surface area contributed by atoms with Crippen LogP contribution in [0.25, 0.3) is 0 Å². The van der Waals surface area contributed by atoms with E-state index >= 15 is 0 Å². The molecular weight excluding hydrogens is 224 g/mol. The standard InChI is InChI=1S/C7H14N2O3S2/c1-7(10,6-13-2)5-9-14(11,12)4-3-8/h9-10H,4-6H2,1-2H3. The van der Waals surface area contributed by atoms with E-state index in [4.69, 9.17) is 5.26 Å². The van der Waals surface area contributed by atoms with Crippen LogP contribution in [-0.2, 0) is 10.0 Å². The Morgan fingerprint density at radius 2 is 2.21 bits per heavy atom. The molecule has 1 unspecified atom stereocenters. The van der Waals surface area contributed by atoms with Crippen molar-refractivity contribution in [3.05, 3.63) is 0 Å². The molecule has 0 heterocycles. The van der Waals surface area contributed by atoms with Gasteiger partial charge in [-0.25, -0.2) is 13.1 Å². The van der Waals surface area contributed by atoms with Crippen LogP contribution in [0.5, 0.6) is 0 Å². The molecule has 1 atom stereocenters. The van der Waals surface area contributed by atoms with E-state index in [9.17, 15) is 13.5 Å². The maximum Gasteiger partial charge on any atom is 0.225 e. The molecule has 0 spiro atoms. The zero-order chi connectivity index (χ0) is 11.2. The normalized spacial score (nSPS) is 15.9. The summed E-state index contributed by atoms with van der Waals surface area (Å²) >= 11 is 1.42. The third kappa shape index (κ3) is 6.21. The first-order valence-electron chi connectivity index (χ1n) is 3.88. The average Bonchev–Trinajstić information content (AvgIpc) is 2.01. The van der Waals surface area contributed by atoms with Crippen LogP contribution in [-0.4, -0.2) is 43.4 Å². The molecule has 0 aliphatic rings. The smallest absolute Gasteiger partial charge is 0.225 e. The maximum absolute atomic E-state index is 11.0. The van der Waals surface area contributed by atoms with Gasteiger partial charge in [0, 0.05) is 12.3 Å². The molecule has 0 fully saturated rings. The second-order valence-corrected chi connectivity index (χ2v) is 5.84. The Morgan fingerprint density at radius 3 is 2.64 bits per heavy atom. The van der Waals surface area contributed by atoms with Crippen LogP contribution in [0, 0.1) is 11.3 Å². The first-order chi connectivity index (χ1) is 6.33. The van der Waals surface area contributed by atoms with Crippen molar-refractivity contribution < 1.29 is 13.5 Å². The van der Waals surface area contributed by atoms with Crippen molar-refractivity contribution in [1.82, 2.24) is 4.72 Å². The quantitative estimate of drug-likeness (QED) is 0.653. The first-order valence-corrected chi connectivity index (χ1v) is 6.93. The fourth-order valence-corrected chi connectivity index (χ4v) is 2.29. The number of hydrogen-bond acceptors (Lipinski definition) is 5. The van der Waals surface area contributed by atoms with Crippen molar-refractivity contribution in [3.63, 3.8) is 0 Å². The summed E-state index contributed by atoms with van der Waals surface area (Å²) in [6.45, 7) is 1.47. The second-order valence-electron chi connectivity index (χ2n) is 3.17. The van der Waals surface area contributed by atoms with Gasteiger partial charge in [-0.15, -0.1) is 0 Å². The van der Waals surface area contributed by atoms with Gasteiger partial charge < -0.3 is 5.11 Å². The lowest BCUT2D eigenvalue weighted by Crippen LogP contribution is -2.42. The molecule has 0 saturated carbocycles. The number of nitrogens with zero attached hydrogens (tertiary/aromatic N) is 1. The molecule has 0 aliphatic carbocycles. The van der Waals surface area contributed by atoms with E-state index in [1.807, 2.05) is 6.26 Å². The topological polar surface area (TPSA) is 90.2 Å². The van der Waals surface area contributed by atoms with Gasteiger partial charge in [0.25, 0.3) is 0 Å². The highest BCUT2D eigenvalue weighted by Crippen LogP contribution is 2.09. The lowest BCUT2D eigenvalue weighted by molar-refractivity contribution is 0.0909. The van der Waals surface area contributed by atoms with E-state index in [0.717, 1.165) is 0 Å². The molecule has 0 rings (SSSR count). The van der Waals surface area contributed by atoms with E-state index in [0.29, 0.717) is 5.75 Å². The summed E-state index contributed by atoms with van der Waals surface area (Å²) < 4.78 is 24.2. The lowest BCUT2D eigenvalue weighted by Gasteiger charge is -2.21. The number of aliphatic hydroxyl groups is 1. The summed E-state index contributed by atoms with van der Waals surface area (Å²) in [5.74, 6) is -0.148. The third-order valence-corrected chi connectivity index (χ3v) is 3.39. The van der Waals surface area contributed by atoms with Gasteiger partial charge in [-0.05, 0) is 13.2 Å². The van der Waals surface area contributed by atoms with Crippen molar-refractivity contribution in [3.8, 4) is 6.07 Å². The van der Waals surface area contributed by atoms with Crippen LogP contribution in [0.4, 0.5) is 0 Å². The van der Waals surface area contributed by atoms with E-state index in [1.54, 1.807) is 6.92 Å². The lowest BCUT2D eigenvalue weighted by atomic mass is 10.1. The fraction of sp³-hybridized carbons (Fsp3) is 0.857. The van der Waals surface area contributed by atoms with Gasteiger partial charge in [-0.3, -0.25) is 0 Å². The number of nitrogens with one attached hydrogen (secondary N) is 1. The molecule has 0 amide bonds. The predicted octanol–water partition coefficient (Wildman–Crippen LogP) is -0.457. The SMILES string of the molecule is CSCC(C)(O)CNS(=O)(=O)CC#N. The molecule has 0 bridgehead atoms. The molecule has 0 radical (unpaired) electrons. The number of nitriles is 1. The minimum Gasteiger partial charge on any atom is -0.388 e. The molecular formula is C7H14N2O3S2. The van der Waals surface area contributed by atoms with Gasteiger partial charge >= 0.3 is 0 Å². The number of thioether (sulfide) groups is 1. The molecule has 0 aromatic carbocycles. The molecule has 0 aromatic heterocycles. The van der Waals surface area contributed by atoms with Gasteiger partial charge in [0.1, 0.15) is 0 Å². The minimum atomic E-state index is -3.56. The van der Waals surface area contributed by atoms with Crippen LogP contribution in [0.2, 0.25) is 0 Å². The van der Waals surface area contributed by atoms with E-state index in [2.05, 4.69) is 4.72 Å². The van der Waals surface area contributed by atoms with Crippen molar-refractivity contribution in [2.75, 3.05) is 24.3 Å². The Kier molecular flexibility index (Phi) is 5.44. The molecule has 0 saturated heterocycles. The van der Waals surface area contributed by atoms with Gasteiger partial charge in [0.2, 0.25) is 10.0 Å². The van der Waals surface area contributed by atoms with Crippen molar-refractivity contribution in [2.45, 2.75) is 12.5 Å². The maximum atomic E-state index is 11.0. The van der Waals surface area contributed by atoms with E-state index in [-0.39, 0.29) is 6.54 Å². The number of sulfonamides is 1. The van der Waals surface area contributed by atoms with E-state index in [1.165, 1.54) is 17.8 Å². The molecule has 14 heavy (non-hydrogen) atoms. The monoisotopic (exact) mass is 238 g/mol. The summed E-state index contributed by atoms with van der Waals surface area (Å²) in [5.41, 5.74) is -1.08. The average molecular weight is 238 g/mol. The van der Waals surface area contributed by atoms with Gasteiger partial charge in [0.05, 0.1) is 11.7 Å². The van der Waals surface area contributed by atoms with Crippen LogP contribution in [0.1, 0.15) is 6.92 Å². The van der Waals surface area contributed by atoms with Gasteiger partial charge in [0.15, 0.2) is 5.75 Å². The molecule has 82 valence electrons. The van der Waals surface area contributed by atoms with Gasteiger partial charge in [-0.2, -0.15) is 17.0 Å². The number of rotatable bonds is 6. The van der Waals surface area contributed by atoms with Crippen LogP contribution < -0.4 is 4.72 Å².